The molecule has 2 N–H and O–H groups in total. The lowest BCUT2D eigenvalue weighted by molar-refractivity contribution is -0.385. The summed E-state index contributed by atoms with van der Waals surface area (Å²) in [5.41, 5.74) is 4.71. The van der Waals surface area contributed by atoms with E-state index in [1.807, 2.05) is 0 Å². The van der Waals surface area contributed by atoms with Crippen molar-refractivity contribution in [1.82, 2.24) is 0 Å². The number of nitro groups is 1. The molecule has 1 rings (SSSR count). The summed E-state index contributed by atoms with van der Waals surface area (Å²) in [6, 6.07) is 3.95. The lowest BCUT2D eigenvalue weighted by atomic mass is 10.3. The van der Waals surface area contributed by atoms with Crippen LogP contribution in [0.5, 0.6) is 5.75 Å². The van der Waals surface area contributed by atoms with Gasteiger partial charge in [-0.2, -0.15) is 0 Å². The maximum atomic E-state index is 10.6. The van der Waals surface area contributed by atoms with Gasteiger partial charge in [-0.15, -0.1) is 0 Å². The molecule has 0 aliphatic rings. The van der Waals surface area contributed by atoms with E-state index < -0.39 is 10.8 Å². The Morgan fingerprint density at radius 1 is 1.56 bits per heavy atom. The van der Waals surface area contributed by atoms with E-state index in [-0.39, 0.29) is 24.5 Å². The third-order valence-corrected chi connectivity index (χ3v) is 1.96. The molecule has 16 heavy (non-hydrogen) atoms. The molecular formula is C9H9ClN2O4. The largest absolute Gasteiger partial charge is 0.486 e. The SMILES string of the molecule is NC(=O)CCOc1cc(Cl)ccc1[N+](=O)[O-]. The highest BCUT2D eigenvalue weighted by Crippen LogP contribution is 2.29. The maximum absolute atomic E-state index is 10.6. The van der Waals surface area contributed by atoms with Crippen LogP contribution >= 0.6 is 11.6 Å². The number of hydrogen-bond donors (Lipinski definition) is 1. The first-order valence-electron chi connectivity index (χ1n) is 4.35. The van der Waals surface area contributed by atoms with Gasteiger partial charge < -0.3 is 10.5 Å². The summed E-state index contributed by atoms with van der Waals surface area (Å²) in [6.45, 7) is -0.0173. The van der Waals surface area contributed by atoms with E-state index in [9.17, 15) is 14.9 Å². The van der Waals surface area contributed by atoms with E-state index in [1.165, 1.54) is 18.2 Å². The van der Waals surface area contributed by atoms with Crippen molar-refractivity contribution in [3.8, 4) is 5.75 Å². The second-order valence-electron chi connectivity index (χ2n) is 2.93. The Balaban J connectivity index is 2.80. The van der Waals surface area contributed by atoms with Gasteiger partial charge in [0.15, 0.2) is 5.75 Å². The molecule has 0 bridgehead atoms. The molecule has 86 valence electrons. The van der Waals surface area contributed by atoms with Gasteiger partial charge in [0.2, 0.25) is 5.91 Å². The van der Waals surface area contributed by atoms with E-state index in [0.717, 1.165) is 0 Å². The summed E-state index contributed by atoms with van der Waals surface area (Å²) in [5, 5.41) is 10.9. The van der Waals surface area contributed by atoms with Crippen LogP contribution < -0.4 is 10.5 Å². The molecule has 0 radical (unpaired) electrons. The van der Waals surface area contributed by atoms with E-state index in [2.05, 4.69) is 0 Å². The summed E-state index contributed by atoms with van der Waals surface area (Å²) in [4.78, 5) is 20.5. The molecular weight excluding hydrogens is 236 g/mol. The van der Waals surface area contributed by atoms with Gasteiger partial charge in [-0.1, -0.05) is 11.6 Å². The number of halogens is 1. The van der Waals surface area contributed by atoms with Crippen molar-refractivity contribution >= 4 is 23.2 Å². The number of benzene rings is 1. The summed E-state index contributed by atoms with van der Waals surface area (Å²) >= 11 is 5.67. The molecule has 0 heterocycles. The fourth-order valence-electron chi connectivity index (χ4n) is 1.02. The van der Waals surface area contributed by atoms with Crippen molar-refractivity contribution < 1.29 is 14.5 Å². The Bertz CT molecular complexity index is 422. The summed E-state index contributed by atoms with van der Waals surface area (Å²) < 4.78 is 5.06. The first-order chi connectivity index (χ1) is 7.50. The number of amides is 1. The van der Waals surface area contributed by atoms with Crippen LogP contribution in [0.1, 0.15) is 6.42 Å². The number of carbonyl (C=O) groups is 1. The average Bonchev–Trinajstić information content (AvgIpc) is 2.16. The highest BCUT2D eigenvalue weighted by molar-refractivity contribution is 6.30. The number of hydrogen-bond acceptors (Lipinski definition) is 4. The Morgan fingerprint density at radius 2 is 2.25 bits per heavy atom. The quantitative estimate of drug-likeness (QED) is 0.627. The Morgan fingerprint density at radius 3 is 2.81 bits per heavy atom. The fourth-order valence-corrected chi connectivity index (χ4v) is 1.18. The van der Waals surface area contributed by atoms with Gasteiger partial charge in [-0.3, -0.25) is 14.9 Å². The van der Waals surface area contributed by atoms with Crippen molar-refractivity contribution in [3.63, 3.8) is 0 Å². The van der Waals surface area contributed by atoms with Crippen molar-refractivity contribution in [3.05, 3.63) is 33.3 Å². The van der Waals surface area contributed by atoms with Crippen LogP contribution in [0.2, 0.25) is 5.02 Å². The number of carbonyl (C=O) groups excluding carboxylic acids is 1. The van der Waals surface area contributed by atoms with Crippen molar-refractivity contribution in [1.29, 1.82) is 0 Å². The number of nitro benzene ring substituents is 1. The Labute approximate surface area is 96.1 Å². The first kappa shape index (κ1) is 12.3. The minimum atomic E-state index is -0.587. The molecule has 7 heteroatoms. The first-order valence-corrected chi connectivity index (χ1v) is 4.73. The monoisotopic (exact) mass is 244 g/mol. The lowest BCUT2D eigenvalue weighted by Crippen LogP contribution is -2.14. The van der Waals surface area contributed by atoms with Gasteiger partial charge in [-0.25, -0.2) is 0 Å². The highest BCUT2D eigenvalue weighted by atomic mass is 35.5. The second-order valence-corrected chi connectivity index (χ2v) is 3.37. The summed E-state index contributed by atoms with van der Waals surface area (Å²) in [6.07, 6.45) is -0.0103. The number of nitrogens with zero attached hydrogens (tertiary/aromatic N) is 1. The number of ether oxygens (including phenoxy) is 1. The van der Waals surface area contributed by atoms with Crippen molar-refractivity contribution in [2.75, 3.05) is 6.61 Å². The second kappa shape index (κ2) is 5.32. The number of nitrogens with two attached hydrogens (primary N) is 1. The van der Waals surface area contributed by atoms with Crippen LogP contribution in [0.4, 0.5) is 5.69 Å². The van der Waals surface area contributed by atoms with Gasteiger partial charge in [0.05, 0.1) is 18.0 Å². The Hall–Kier alpha value is -1.82. The van der Waals surface area contributed by atoms with E-state index in [1.54, 1.807) is 0 Å². The maximum Gasteiger partial charge on any atom is 0.311 e. The summed E-state index contributed by atoms with van der Waals surface area (Å²) in [5.74, 6) is -0.511. The zero-order chi connectivity index (χ0) is 12.1. The van der Waals surface area contributed by atoms with E-state index in [0.29, 0.717) is 5.02 Å². The third kappa shape index (κ3) is 3.39. The predicted octanol–water partition coefficient (Wildman–Crippen LogP) is 1.50. The molecule has 0 unspecified atom stereocenters. The van der Waals surface area contributed by atoms with Gasteiger partial charge in [0.1, 0.15) is 0 Å². The van der Waals surface area contributed by atoms with Crippen LogP contribution in [0.25, 0.3) is 0 Å². The van der Waals surface area contributed by atoms with Crippen LogP contribution in [0, 0.1) is 10.1 Å². The standard InChI is InChI=1S/C9H9ClN2O4/c10-6-1-2-7(12(14)15)8(5-6)16-4-3-9(11)13/h1-2,5H,3-4H2,(H2,11,13). The lowest BCUT2D eigenvalue weighted by Gasteiger charge is -2.05. The van der Waals surface area contributed by atoms with Gasteiger partial charge in [0, 0.05) is 17.2 Å². The van der Waals surface area contributed by atoms with Gasteiger partial charge >= 0.3 is 5.69 Å². The molecule has 0 aromatic heterocycles. The normalized spacial score (nSPS) is 9.81. The van der Waals surface area contributed by atoms with Crippen LogP contribution in [-0.4, -0.2) is 17.4 Å². The summed E-state index contributed by atoms with van der Waals surface area (Å²) in [7, 11) is 0. The molecule has 0 aliphatic heterocycles. The molecule has 6 nitrogen and oxygen atoms in total. The smallest absolute Gasteiger partial charge is 0.311 e. The zero-order valence-electron chi connectivity index (χ0n) is 8.18. The molecule has 0 atom stereocenters. The topological polar surface area (TPSA) is 95.5 Å². The number of rotatable bonds is 5. The minimum Gasteiger partial charge on any atom is -0.486 e. The minimum absolute atomic E-state index is 0.0103. The van der Waals surface area contributed by atoms with Crippen molar-refractivity contribution in [2.45, 2.75) is 6.42 Å². The molecule has 0 fully saturated rings. The molecule has 0 aliphatic carbocycles. The van der Waals surface area contributed by atoms with Crippen LogP contribution in [-0.2, 0) is 4.79 Å². The van der Waals surface area contributed by atoms with Crippen LogP contribution in [0.3, 0.4) is 0 Å². The van der Waals surface area contributed by atoms with Gasteiger partial charge in [0.25, 0.3) is 0 Å². The molecule has 0 saturated carbocycles. The van der Waals surface area contributed by atoms with Crippen LogP contribution in [0.15, 0.2) is 18.2 Å². The molecule has 1 amide bonds. The molecule has 1 aromatic rings. The van der Waals surface area contributed by atoms with E-state index >= 15 is 0 Å². The number of primary amides is 1. The molecule has 1 aromatic carbocycles. The fraction of sp³-hybridized carbons (Fsp3) is 0.222. The molecule has 0 saturated heterocycles. The third-order valence-electron chi connectivity index (χ3n) is 1.72. The molecule has 0 spiro atoms. The van der Waals surface area contributed by atoms with E-state index in [4.69, 9.17) is 22.1 Å². The van der Waals surface area contributed by atoms with Gasteiger partial charge in [-0.05, 0) is 6.07 Å². The highest BCUT2D eigenvalue weighted by Gasteiger charge is 2.15. The zero-order valence-corrected chi connectivity index (χ0v) is 8.94. The Kier molecular flexibility index (Phi) is 4.07. The average molecular weight is 245 g/mol. The van der Waals surface area contributed by atoms with Crippen molar-refractivity contribution in [2.24, 2.45) is 5.73 Å². The predicted molar refractivity (Wildman–Crippen MR) is 57.4 cm³/mol.